The Hall–Kier alpha value is -2.17. The van der Waals surface area contributed by atoms with Crippen molar-refractivity contribution >= 4 is 11.6 Å². The summed E-state index contributed by atoms with van der Waals surface area (Å²) in [4.78, 5) is 12.4. The van der Waals surface area contributed by atoms with E-state index in [1.807, 2.05) is 32.2 Å². The molecule has 2 aromatic rings. The first-order valence-corrected chi connectivity index (χ1v) is 5.99. The van der Waals surface area contributed by atoms with Gasteiger partial charge in [0.2, 0.25) is 0 Å². The van der Waals surface area contributed by atoms with Crippen molar-refractivity contribution in [3.8, 4) is 0 Å². The standard InChI is InChI=1S/C13H17N5/c1-3-15-12-6-13(18-9-17-12)16-8-11-4-5-14-7-10(11)2/h4-7,9H,3,8H2,1-2H3,(H2,15,16,17,18). The summed E-state index contributed by atoms with van der Waals surface area (Å²) in [5.41, 5.74) is 2.39. The second kappa shape index (κ2) is 5.95. The van der Waals surface area contributed by atoms with E-state index in [-0.39, 0.29) is 0 Å². The molecule has 2 heterocycles. The molecule has 0 fully saturated rings. The molecule has 0 spiro atoms. The summed E-state index contributed by atoms with van der Waals surface area (Å²) < 4.78 is 0. The molecule has 5 heteroatoms. The van der Waals surface area contributed by atoms with Gasteiger partial charge in [-0.1, -0.05) is 0 Å². The Morgan fingerprint density at radius 2 is 1.94 bits per heavy atom. The number of hydrogen-bond donors (Lipinski definition) is 2. The fourth-order valence-electron chi connectivity index (χ4n) is 1.62. The molecule has 2 rings (SSSR count). The predicted molar refractivity (Wildman–Crippen MR) is 72.5 cm³/mol. The molecular formula is C13H17N5. The van der Waals surface area contributed by atoms with E-state index in [9.17, 15) is 0 Å². The quantitative estimate of drug-likeness (QED) is 0.843. The van der Waals surface area contributed by atoms with E-state index in [0.717, 1.165) is 24.7 Å². The van der Waals surface area contributed by atoms with Crippen molar-refractivity contribution in [2.75, 3.05) is 17.2 Å². The van der Waals surface area contributed by atoms with E-state index in [1.165, 1.54) is 11.1 Å². The number of aryl methyl sites for hydroxylation is 1. The van der Waals surface area contributed by atoms with E-state index in [1.54, 1.807) is 12.5 Å². The lowest BCUT2D eigenvalue weighted by Gasteiger charge is -2.09. The van der Waals surface area contributed by atoms with Crippen molar-refractivity contribution < 1.29 is 0 Å². The lowest BCUT2D eigenvalue weighted by Crippen LogP contribution is -2.05. The van der Waals surface area contributed by atoms with E-state index in [0.29, 0.717) is 0 Å². The lowest BCUT2D eigenvalue weighted by molar-refractivity contribution is 1.05. The van der Waals surface area contributed by atoms with Gasteiger partial charge in [-0.3, -0.25) is 4.98 Å². The van der Waals surface area contributed by atoms with E-state index >= 15 is 0 Å². The summed E-state index contributed by atoms with van der Waals surface area (Å²) in [6.07, 6.45) is 5.22. The normalized spacial score (nSPS) is 10.1. The third kappa shape index (κ3) is 3.16. The van der Waals surface area contributed by atoms with Gasteiger partial charge in [0.1, 0.15) is 18.0 Å². The lowest BCUT2D eigenvalue weighted by atomic mass is 10.1. The van der Waals surface area contributed by atoms with Crippen LogP contribution in [0, 0.1) is 6.92 Å². The van der Waals surface area contributed by atoms with Crippen molar-refractivity contribution in [2.24, 2.45) is 0 Å². The molecule has 2 N–H and O–H groups in total. The Bertz CT molecular complexity index is 512. The van der Waals surface area contributed by atoms with Gasteiger partial charge in [0.25, 0.3) is 0 Å². The first kappa shape index (κ1) is 12.3. The minimum atomic E-state index is 0.733. The Morgan fingerprint density at radius 3 is 2.67 bits per heavy atom. The van der Waals surface area contributed by atoms with Crippen LogP contribution < -0.4 is 10.6 Å². The molecule has 18 heavy (non-hydrogen) atoms. The molecule has 0 atom stereocenters. The SMILES string of the molecule is CCNc1cc(NCc2ccncc2C)ncn1. The number of anilines is 2. The minimum Gasteiger partial charge on any atom is -0.370 e. The fourth-order valence-corrected chi connectivity index (χ4v) is 1.62. The highest BCUT2D eigenvalue weighted by atomic mass is 15.1. The molecule has 0 radical (unpaired) electrons. The molecule has 0 saturated heterocycles. The molecule has 0 aliphatic heterocycles. The third-order valence-corrected chi connectivity index (χ3v) is 2.62. The van der Waals surface area contributed by atoms with Gasteiger partial charge in [0, 0.05) is 31.5 Å². The highest BCUT2D eigenvalue weighted by molar-refractivity contribution is 5.46. The van der Waals surface area contributed by atoms with Crippen LogP contribution in [0.25, 0.3) is 0 Å². The van der Waals surface area contributed by atoms with Crippen molar-refractivity contribution in [1.82, 2.24) is 15.0 Å². The van der Waals surface area contributed by atoms with Crippen molar-refractivity contribution in [3.05, 3.63) is 42.0 Å². The minimum absolute atomic E-state index is 0.733. The first-order valence-electron chi connectivity index (χ1n) is 5.99. The Labute approximate surface area is 107 Å². The van der Waals surface area contributed by atoms with Crippen LogP contribution in [-0.4, -0.2) is 21.5 Å². The number of hydrogen-bond acceptors (Lipinski definition) is 5. The molecule has 0 saturated carbocycles. The van der Waals surface area contributed by atoms with Crippen LogP contribution in [0.15, 0.2) is 30.9 Å². The number of pyridine rings is 1. The summed E-state index contributed by atoms with van der Waals surface area (Å²) in [7, 11) is 0. The maximum Gasteiger partial charge on any atom is 0.131 e. The van der Waals surface area contributed by atoms with Crippen molar-refractivity contribution in [1.29, 1.82) is 0 Å². The number of rotatable bonds is 5. The average Bonchev–Trinajstić information content (AvgIpc) is 2.39. The van der Waals surface area contributed by atoms with Gasteiger partial charge in [0.15, 0.2) is 0 Å². The highest BCUT2D eigenvalue weighted by Crippen LogP contribution is 2.11. The topological polar surface area (TPSA) is 62.7 Å². The van der Waals surface area contributed by atoms with Crippen molar-refractivity contribution in [2.45, 2.75) is 20.4 Å². The van der Waals surface area contributed by atoms with Gasteiger partial charge in [-0.2, -0.15) is 0 Å². The molecule has 0 aliphatic carbocycles. The van der Waals surface area contributed by atoms with E-state index in [2.05, 4.69) is 25.6 Å². The zero-order valence-electron chi connectivity index (χ0n) is 10.6. The van der Waals surface area contributed by atoms with E-state index in [4.69, 9.17) is 0 Å². The number of aromatic nitrogens is 3. The molecular weight excluding hydrogens is 226 g/mol. The summed E-state index contributed by atoms with van der Waals surface area (Å²) in [5, 5.41) is 6.44. The van der Waals surface area contributed by atoms with E-state index < -0.39 is 0 Å². The zero-order valence-corrected chi connectivity index (χ0v) is 10.6. The molecule has 2 aromatic heterocycles. The van der Waals surface area contributed by atoms with Crippen LogP contribution in [0.3, 0.4) is 0 Å². The van der Waals surface area contributed by atoms with Crippen LogP contribution in [-0.2, 0) is 6.54 Å². The predicted octanol–water partition coefficient (Wildman–Crippen LogP) is 2.22. The Balaban J connectivity index is 2.02. The molecule has 0 amide bonds. The second-order valence-electron chi connectivity index (χ2n) is 3.97. The van der Waals surface area contributed by atoms with Crippen LogP contribution in [0.2, 0.25) is 0 Å². The van der Waals surface area contributed by atoms with Crippen LogP contribution in [0.5, 0.6) is 0 Å². The summed E-state index contributed by atoms with van der Waals surface area (Å²) in [6, 6.07) is 3.91. The fraction of sp³-hybridized carbons (Fsp3) is 0.308. The summed E-state index contributed by atoms with van der Waals surface area (Å²) in [6.45, 7) is 5.67. The van der Waals surface area contributed by atoms with Gasteiger partial charge in [-0.05, 0) is 31.0 Å². The molecule has 94 valence electrons. The average molecular weight is 243 g/mol. The van der Waals surface area contributed by atoms with Crippen molar-refractivity contribution in [3.63, 3.8) is 0 Å². The molecule has 0 bridgehead atoms. The zero-order chi connectivity index (χ0) is 12.8. The maximum atomic E-state index is 4.19. The number of nitrogens with one attached hydrogen (secondary N) is 2. The molecule has 0 aliphatic rings. The third-order valence-electron chi connectivity index (χ3n) is 2.62. The van der Waals surface area contributed by atoms with Crippen LogP contribution in [0.1, 0.15) is 18.1 Å². The summed E-state index contributed by atoms with van der Waals surface area (Å²) >= 11 is 0. The Morgan fingerprint density at radius 1 is 1.17 bits per heavy atom. The van der Waals surface area contributed by atoms with Crippen LogP contribution >= 0.6 is 0 Å². The van der Waals surface area contributed by atoms with Crippen LogP contribution in [0.4, 0.5) is 11.6 Å². The molecule has 0 unspecified atom stereocenters. The number of nitrogens with zero attached hydrogens (tertiary/aromatic N) is 3. The van der Waals surface area contributed by atoms with Gasteiger partial charge in [-0.15, -0.1) is 0 Å². The van der Waals surface area contributed by atoms with Gasteiger partial charge >= 0.3 is 0 Å². The highest BCUT2D eigenvalue weighted by Gasteiger charge is 2.00. The smallest absolute Gasteiger partial charge is 0.131 e. The van der Waals surface area contributed by atoms with Gasteiger partial charge in [0.05, 0.1) is 0 Å². The van der Waals surface area contributed by atoms with Gasteiger partial charge < -0.3 is 10.6 Å². The second-order valence-corrected chi connectivity index (χ2v) is 3.97. The largest absolute Gasteiger partial charge is 0.370 e. The Kier molecular flexibility index (Phi) is 4.06. The van der Waals surface area contributed by atoms with Gasteiger partial charge in [-0.25, -0.2) is 9.97 Å². The first-order chi connectivity index (χ1) is 8.79. The summed E-state index contributed by atoms with van der Waals surface area (Å²) in [5.74, 6) is 1.65. The maximum absolute atomic E-state index is 4.19. The molecule has 0 aromatic carbocycles. The molecule has 5 nitrogen and oxygen atoms in total. The monoisotopic (exact) mass is 243 g/mol.